The Balaban J connectivity index is 2.21. The van der Waals surface area contributed by atoms with E-state index in [4.69, 9.17) is 4.74 Å². The Morgan fingerprint density at radius 1 is 1.38 bits per heavy atom. The van der Waals surface area contributed by atoms with Crippen molar-refractivity contribution >= 4 is 22.7 Å². The highest BCUT2D eigenvalue weighted by Crippen LogP contribution is 2.35. The Kier molecular flexibility index (Phi) is 5.16. The van der Waals surface area contributed by atoms with E-state index in [2.05, 4.69) is 10.7 Å². The van der Waals surface area contributed by atoms with Crippen molar-refractivity contribution in [2.45, 2.75) is 26.8 Å². The Morgan fingerprint density at radius 3 is 2.81 bits per heavy atom. The molecule has 1 aromatic heterocycles. The van der Waals surface area contributed by atoms with Crippen LogP contribution >= 0.6 is 11.3 Å². The van der Waals surface area contributed by atoms with E-state index < -0.39 is 4.92 Å². The standard InChI is InChI=1S/C15H18N2O3S/c1-3-7-20-14-6-4-5-13(15(14)17(18)19)16-8-12-10-21-9-11(12)2/h4-6,9-10,16H,3,7-8H2,1-2H3. The summed E-state index contributed by atoms with van der Waals surface area (Å²) in [5.74, 6) is 0.314. The Morgan fingerprint density at radius 2 is 2.19 bits per heavy atom. The van der Waals surface area contributed by atoms with Gasteiger partial charge in [0.1, 0.15) is 5.69 Å². The van der Waals surface area contributed by atoms with Gasteiger partial charge in [0.2, 0.25) is 0 Å². The van der Waals surface area contributed by atoms with Gasteiger partial charge in [-0.3, -0.25) is 10.1 Å². The van der Waals surface area contributed by atoms with Gasteiger partial charge in [0.25, 0.3) is 0 Å². The van der Waals surface area contributed by atoms with Crippen molar-refractivity contribution in [3.05, 3.63) is 50.2 Å². The van der Waals surface area contributed by atoms with E-state index in [0.717, 1.165) is 12.0 Å². The zero-order valence-corrected chi connectivity index (χ0v) is 12.9. The number of thiophene rings is 1. The first kappa shape index (κ1) is 15.3. The molecule has 0 radical (unpaired) electrons. The van der Waals surface area contributed by atoms with Gasteiger partial charge in [-0.25, -0.2) is 0 Å². The molecule has 0 bridgehead atoms. The van der Waals surface area contributed by atoms with Crippen LogP contribution in [0.15, 0.2) is 29.0 Å². The van der Waals surface area contributed by atoms with E-state index >= 15 is 0 Å². The molecule has 5 nitrogen and oxygen atoms in total. The van der Waals surface area contributed by atoms with Crippen molar-refractivity contribution in [2.24, 2.45) is 0 Å². The minimum absolute atomic E-state index is 0.00108. The largest absolute Gasteiger partial charge is 0.487 e. The van der Waals surface area contributed by atoms with Crippen LogP contribution in [0.3, 0.4) is 0 Å². The van der Waals surface area contributed by atoms with Crippen LogP contribution in [0.25, 0.3) is 0 Å². The van der Waals surface area contributed by atoms with Gasteiger partial charge < -0.3 is 10.1 Å². The third kappa shape index (κ3) is 3.72. The van der Waals surface area contributed by atoms with Crippen LogP contribution in [-0.2, 0) is 6.54 Å². The van der Waals surface area contributed by atoms with Crippen LogP contribution < -0.4 is 10.1 Å². The van der Waals surface area contributed by atoms with Crippen molar-refractivity contribution < 1.29 is 9.66 Å². The van der Waals surface area contributed by atoms with E-state index in [9.17, 15) is 10.1 Å². The fourth-order valence-corrected chi connectivity index (χ4v) is 2.80. The molecule has 1 N–H and O–H groups in total. The van der Waals surface area contributed by atoms with Gasteiger partial charge in [0, 0.05) is 6.54 Å². The number of nitrogens with zero attached hydrogens (tertiary/aromatic N) is 1. The van der Waals surface area contributed by atoms with E-state index in [1.54, 1.807) is 29.5 Å². The minimum Gasteiger partial charge on any atom is -0.487 e. The lowest BCUT2D eigenvalue weighted by molar-refractivity contribution is -0.385. The van der Waals surface area contributed by atoms with Crippen LogP contribution in [-0.4, -0.2) is 11.5 Å². The first-order chi connectivity index (χ1) is 10.1. The van der Waals surface area contributed by atoms with Crippen molar-refractivity contribution in [3.63, 3.8) is 0 Å². The number of nitro benzene ring substituents is 1. The average molecular weight is 306 g/mol. The van der Waals surface area contributed by atoms with Gasteiger partial charge in [-0.15, -0.1) is 0 Å². The topological polar surface area (TPSA) is 64.4 Å². The summed E-state index contributed by atoms with van der Waals surface area (Å²) < 4.78 is 5.47. The number of hydrogen-bond acceptors (Lipinski definition) is 5. The fourth-order valence-electron chi connectivity index (χ4n) is 1.94. The van der Waals surface area contributed by atoms with Gasteiger partial charge >= 0.3 is 5.69 Å². The van der Waals surface area contributed by atoms with E-state index in [-0.39, 0.29) is 5.69 Å². The number of anilines is 1. The number of aryl methyl sites for hydroxylation is 1. The average Bonchev–Trinajstić information content (AvgIpc) is 2.87. The summed E-state index contributed by atoms with van der Waals surface area (Å²) in [6.45, 7) is 5.03. The normalized spacial score (nSPS) is 10.4. The molecule has 0 spiro atoms. The number of ether oxygens (including phenoxy) is 1. The predicted molar refractivity (Wildman–Crippen MR) is 85.3 cm³/mol. The summed E-state index contributed by atoms with van der Waals surface area (Å²) in [5.41, 5.74) is 2.82. The number of benzene rings is 1. The molecule has 21 heavy (non-hydrogen) atoms. The van der Waals surface area contributed by atoms with Crippen LogP contribution in [0, 0.1) is 17.0 Å². The summed E-state index contributed by atoms with van der Waals surface area (Å²) in [4.78, 5) is 10.9. The summed E-state index contributed by atoms with van der Waals surface area (Å²) in [7, 11) is 0. The fraction of sp³-hybridized carbons (Fsp3) is 0.333. The van der Waals surface area contributed by atoms with Gasteiger partial charge in [0.05, 0.1) is 11.5 Å². The number of hydrogen-bond donors (Lipinski definition) is 1. The molecular weight excluding hydrogens is 288 g/mol. The van der Waals surface area contributed by atoms with Gasteiger partial charge in [0.15, 0.2) is 5.75 Å². The van der Waals surface area contributed by atoms with Crippen LogP contribution in [0.2, 0.25) is 0 Å². The third-order valence-electron chi connectivity index (χ3n) is 3.07. The SMILES string of the molecule is CCCOc1cccc(NCc2cscc2C)c1[N+](=O)[O-]. The second-order valence-electron chi connectivity index (χ2n) is 4.69. The molecule has 0 aliphatic rings. The Labute approximate surface area is 127 Å². The second-order valence-corrected chi connectivity index (χ2v) is 5.44. The quantitative estimate of drug-likeness (QED) is 0.609. The molecule has 0 saturated carbocycles. The van der Waals surface area contributed by atoms with Crippen LogP contribution in [0.1, 0.15) is 24.5 Å². The lowest BCUT2D eigenvalue weighted by atomic mass is 10.2. The lowest BCUT2D eigenvalue weighted by Gasteiger charge is -2.11. The first-order valence-electron chi connectivity index (χ1n) is 6.79. The zero-order valence-electron chi connectivity index (χ0n) is 12.1. The molecule has 0 aliphatic heterocycles. The first-order valence-corrected chi connectivity index (χ1v) is 7.73. The highest BCUT2D eigenvalue weighted by molar-refractivity contribution is 7.08. The van der Waals surface area contributed by atoms with Gasteiger partial charge in [-0.2, -0.15) is 11.3 Å². The molecule has 0 atom stereocenters. The molecule has 0 unspecified atom stereocenters. The highest BCUT2D eigenvalue weighted by atomic mass is 32.1. The van der Waals surface area contributed by atoms with Crippen LogP contribution in [0.5, 0.6) is 5.75 Å². The number of rotatable bonds is 7. The van der Waals surface area contributed by atoms with Crippen molar-refractivity contribution in [1.82, 2.24) is 0 Å². The summed E-state index contributed by atoms with van der Waals surface area (Å²) in [6, 6.07) is 5.11. The Bertz CT molecular complexity index is 625. The smallest absolute Gasteiger partial charge is 0.333 e. The molecule has 0 saturated heterocycles. The zero-order chi connectivity index (χ0) is 15.2. The molecule has 2 aromatic rings. The predicted octanol–water partition coefficient (Wildman–Crippen LogP) is 4.37. The number of para-hydroxylation sites is 1. The second kappa shape index (κ2) is 7.08. The molecule has 0 aliphatic carbocycles. The molecular formula is C15H18N2O3S. The maximum absolute atomic E-state index is 11.3. The minimum atomic E-state index is -0.395. The van der Waals surface area contributed by atoms with Crippen molar-refractivity contribution in [3.8, 4) is 5.75 Å². The molecule has 0 amide bonds. The number of nitrogens with one attached hydrogen (secondary N) is 1. The van der Waals surface area contributed by atoms with E-state index in [1.165, 1.54) is 5.56 Å². The maximum Gasteiger partial charge on any atom is 0.333 e. The third-order valence-corrected chi connectivity index (χ3v) is 3.98. The molecule has 1 aromatic carbocycles. The monoisotopic (exact) mass is 306 g/mol. The van der Waals surface area contributed by atoms with E-state index in [1.807, 2.05) is 19.2 Å². The van der Waals surface area contributed by atoms with Gasteiger partial charge in [-0.05, 0) is 47.4 Å². The molecule has 112 valence electrons. The van der Waals surface area contributed by atoms with Gasteiger partial charge in [-0.1, -0.05) is 13.0 Å². The number of nitro groups is 1. The van der Waals surface area contributed by atoms with Crippen LogP contribution in [0.4, 0.5) is 11.4 Å². The Hall–Kier alpha value is -2.08. The summed E-state index contributed by atoms with van der Waals surface area (Å²) in [5, 5.41) is 18.6. The van der Waals surface area contributed by atoms with Crippen molar-refractivity contribution in [1.29, 1.82) is 0 Å². The van der Waals surface area contributed by atoms with E-state index in [0.29, 0.717) is 24.6 Å². The summed E-state index contributed by atoms with van der Waals surface area (Å²) >= 11 is 1.63. The molecule has 2 rings (SSSR count). The van der Waals surface area contributed by atoms with Crippen molar-refractivity contribution in [2.75, 3.05) is 11.9 Å². The summed E-state index contributed by atoms with van der Waals surface area (Å²) in [6.07, 6.45) is 0.808. The molecule has 0 fully saturated rings. The maximum atomic E-state index is 11.3. The lowest BCUT2D eigenvalue weighted by Crippen LogP contribution is -2.05. The highest BCUT2D eigenvalue weighted by Gasteiger charge is 2.20. The molecule has 6 heteroatoms. The molecule has 1 heterocycles.